The fourth-order valence-electron chi connectivity index (χ4n) is 5.04. The van der Waals surface area contributed by atoms with Crippen LogP contribution in [-0.4, -0.2) is 52.6 Å². The first-order valence-corrected chi connectivity index (χ1v) is 12.9. The summed E-state index contributed by atoms with van der Waals surface area (Å²) in [5, 5.41) is 0. The lowest BCUT2D eigenvalue weighted by Crippen LogP contribution is -2.63. The molecule has 36 heavy (non-hydrogen) atoms. The maximum absolute atomic E-state index is 13.3. The van der Waals surface area contributed by atoms with Gasteiger partial charge in [0.25, 0.3) is 11.8 Å². The number of allylic oxidation sites excluding steroid dienone is 1. The van der Waals surface area contributed by atoms with Crippen molar-refractivity contribution >= 4 is 17.6 Å². The predicted octanol–water partition coefficient (Wildman–Crippen LogP) is 5.08. The average Bonchev–Trinajstić information content (AvgIpc) is 2.84. The van der Waals surface area contributed by atoms with Crippen LogP contribution in [0.1, 0.15) is 80.3 Å². The quantitative estimate of drug-likeness (QED) is 0.473. The number of hydrogen-bond acceptors (Lipinski definition) is 3. The normalized spacial score (nSPS) is 19.6. The second kappa shape index (κ2) is 10.7. The molecule has 0 aromatic heterocycles. The van der Waals surface area contributed by atoms with Crippen LogP contribution in [0.5, 0.6) is 0 Å². The lowest BCUT2D eigenvalue weighted by molar-refractivity contribution is -0.132. The Kier molecular flexibility index (Phi) is 7.62. The molecule has 190 valence electrons. The second-order valence-electron chi connectivity index (χ2n) is 10.8. The summed E-state index contributed by atoms with van der Waals surface area (Å²) in [6, 6.07) is 18.2. The summed E-state index contributed by atoms with van der Waals surface area (Å²) in [6.45, 7) is 9.37. The molecule has 1 unspecified atom stereocenters. The molecular weight excluding hydrogens is 448 g/mol. The minimum Gasteiger partial charge on any atom is -0.379 e. The van der Waals surface area contributed by atoms with Gasteiger partial charge in [-0.3, -0.25) is 9.59 Å². The van der Waals surface area contributed by atoms with Crippen LogP contribution < -0.4 is 5.73 Å². The van der Waals surface area contributed by atoms with Crippen molar-refractivity contribution in [2.45, 2.75) is 64.3 Å². The molecule has 2 N–H and O–H groups in total. The van der Waals surface area contributed by atoms with Crippen LogP contribution in [0.3, 0.4) is 0 Å². The van der Waals surface area contributed by atoms with E-state index >= 15 is 0 Å². The number of aliphatic imine (C=N–C) groups is 1. The van der Waals surface area contributed by atoms with E-state index in [0.717, 1.165) is 11.1 Å². The van der Waals surface area contributed by atoms with Gasteiger partial charge in [0.15, 0.2) is 5.84 Å². The standard InChI is InChI=1S/C30H38N4O2/c1-21(22(2)23-10-6-5-7-11-23)19-32-27(31)29(36)34-17-16-33(20-30(34,3)4)28(35)26-15-9-14-25(18-26)24-12-8-13-24/h5-7,9-11,14-15,18-19,22,24H,8,12-13,16-17,20H2,1-4H3,(H2,31,32)/b21-19+. The summed E-state index contributed by atoms with van der Waals surface area (Å²) in [4.78, 5) is 34.4. The van der Waals surface area contributed by atoms with Gasteiger partial charge in [-0.2, -0.15) is 0 Å². The third kappa shape index (κ3) is 5.53. The van der Waals surface area contributed by atoms with Crippen LogP contribution in [-0.2, 0) is 4.79 Å². The van der Waals surface area contributed by atoms with E-state index in [1.54, 1.807) is 11.1 Å². The Labute approximate surface area is 214 Å². The Morgan fingerprint density at radius 2 is 1.81 bits per heavy atom. The summed E-state index contributed by atoms with van der Waals surface area (Å²) in [6.07, 6.45) is 5.36. The average molecular weight is 487 g/mol. The number of nitrogens with zero attached hydrogens (tertiary/aromatic N) is 3. The number of piperazine rings is 1. The van der Waals surface area contributed by atoms with Gasteiger partial charge in [0.1, 0.15) is 0 Å². The van der Waals surface area contributed by atoms with Crippen molar-refractivity contribution in [3.05, 3.63) is 83.1 Å². The highest BCUT2D eigenvalue weighted by molar-refractivity contribution is 6.37. The van der Waals surface area contributed by atoms with Gasteiger partial charge in [0.2, 0.25) is 0 Å². The fraction of sp³-hybridized carbons (Fsp3) is 0.433. The first kappa shape index (κ1) is 25.7. The number of carbonyl (C=O) groups excluding carboxylic acids is 2. The monoisotopic (exact) mass is 486 g/mol. The Bertz CT molecular complexity index is 1160. The number of hydrogen-bond donors (Lipinski definition) is 1. The molecule has 0 bridgehead atoms. The van der Waals surface area contributed by atoms with Gasteiger partial charge in [-0.05, 0) is 68.4 Å². The predicted molar refractivity (Wildman–Crippen MR) is 145 cm³/mol. The molecule has 1 aliphatic heterocycles. The van der Waals surface area contributed by atoms with Crippen molar-refractivity contribution in [3.63, 3.8) is 0 Å². The number of nitrogens with two attached hydrogens (primary N) is 1. The highest BCUT2D eigenvalue weighted by Gasteiger charge is 2.39. The number of carbonyl (C=O) groups is 2. The van der Waals surface area contributed by atoms with Gasteiger partial charge in [-0.1, -0.05) is 55.8 Å². The van der Waals surface area contributed by atoms with Crippen molar-refractivity contribution in [3.8, 4) is 0 Å². The first-order valence-electron chi connectivity index (χ1n) is 12.9. The van der Waals surface area contributed by atoms with E-state index in [9.17, 15) is 9.59 Å². The topological polar surface area (TPSA) is 79.0 Å². The number of benzene rings is 2. The van der Waals surface area contributed by atoms with Gasteiger partial charge >= 0.3 is 0 Å². The Hall–Kier alpha value is -3.41. The second-order valence-corrected chi connectivity index (χ2v) is 10.8. The zero-order valence-corrected chi connectivity index (χ0v) is 21.9. The van der Waals surface area contributed by atoms with Gasteiger partial charge in [-0.15, -0.1) is 0 Å². The molecule has 0 spiro atoms. The summed E-state index contributed by atoms with van der Waals surface area (Å²) >= 11 is 0. The Morgan fingerprint density at radius 1 is 1.08 bits per heavy atom. The number of amidine groups is 1. The molecule has 1 heterocycles. The fourth-order valence-corrected chi connectivity index (χ4v) is 5.04. The molecule has 1 saturated heterocycles. The van der Waals surface area contributed by atoms with Crippen molar-refractivity contribution < 1.29 is 9.59 Å². The van der Waals surface area contributed by atoms with Gasteiger partial charge < -0.3 is 15.5 Å². The van der Waals surface area contributed by atoms with E-state index in [0.29, 0.717) is 25.6 Å². The Balaban J connectivity index is 1.41. The van der Waals surface area contributed by atoms with E-state index in [1.807, 2.05) is 62.1 Å². The Morgan fingerprint density at radius 3 is 2.44 bits per heavy atom. The molecule has 1 aliphatic carbocycles. The molecule has 6 nitrogen and oxygen atoms in total. The van der Waals surface area contributed by atoms with Crippen LogP contribution in [0, 0.1) is 0 Å². The molecule has 4 rings (SSSR count). The van der Waals surface area contributed by atoms with Crippen molar-refractivity contribution in [1.29, 1.82) is 0 Å². The van der Waals surface area contributed by atoms with E-state index in [-0.39, 0.29) is 23.6 Å². The van der Waals surface area contributed by atoms with Crippen LogP contribution in [0.2, 0.25) is 0 Å². The molecule has 1 atom stereocenters. The SMILES string of the molecule is C/C(=C\N=C(N)C(=O)N1CCN(C(=O)c2cccc(C3CCC3)c2)CC1(C)C)C(C)c1ccccc1. The number of amides is 2. The van der Waals surface area contributed by atoms with Gasteiger partial charge in [-0.25, -0.2) is 4.99 Å². The van der Waals surface area contributed by atoms with Crippen molar-refractivity contribution in [2.75, 3.05) is 19.6 Å². The smallest absolute Gasteiger partial charge is 0.289 e. The van der Waals surface area contributed by atoms with Crippen LogP contribution in [0.15, 0.2) is 71.4 Å². The molecule has 2 aliphatic rings. The van der Waals surface area contributed by atoms with Gasteiger partial charge in [0, 0.05) is 37.3 Å². The van der Waals surface area contributed by atoms with Crippen molar-refractivity contribution in [2.24, 2.45) is 10.7 Å². The number of rotatable bonds is 5. The largest absolute Gasteiger partial charge is 0.379 e. The molecule has 2 aromatic carbocycles. The third-order valence-corrected chi connectivity index (χ3v) is 7.75. The molecule has 2 amide bonds. The minimum absolute atomic E-state index is 0.0199. The minimum atomic E-state index is -0.563. The highest BCUT2D eigenvalue weighted by atomic mass is 16.2. The van der Waals surface area contributed by atoms with Crippen LogP contribution in [0.4, 0.5) is 0 Å². The zero-order valence-electron chi connectivity index (χ0n) is 21.9. The molecule has 6 heteroatoms. The van der Waals surface area contributed by atoms with Crippen LogP contribution in [0.25, 0.3) is 0 Å². The summed E-state index contributed by atoms with van der Waals surface area (Å²) in [7, 11) is 0. The first-order chi connectivity index (χ1) is 17.2. The highest BCUT2D eigenvalue weighted by Crippen LogP contribution is 2.36. The molecule has 2 aromatic rings. The van der Waals surface area contributed by atoms with E-state index in [4.69, 9.17) is 5.73 Å². The third-order valence-electron chi connectivity index (χ3n) is 7.75. The molecule has 1 saturated carbocycles. The zero-order chi connectivity index (χ0) is 25.9. The van der Waals surface area contributed by atoms with E-state index in [2.05, 4.69) is 30.1 Å². The summed E-state index contributed by atoms with van der Waals surface area (Å²) < 4.78 is 0. The lowest BCUT2D eigenvalue weighted by atomic mass is 9.79. The molecular formula is C30H38N4O2. The molecule has 2 fully saturated rings. The van der Waals surface area contributed by atoms with Gasteiger partial charge in [0.05, 0.1) is 5.54 Å². The van der Waals surface area contributed by atoms with E-state index < -0.39 is 5.54 Å². The van der Waals surface area contributed by atoms with E-state index in [1.165, 1.54) is 30.4 Å². The summed E-state index contributed by atoms with van der Waals surface area (Å²) in [5.41, 5.74) is 9.77. The summed E-state index contributed by atoms with van der Waals surface area (Å²) in [5.74, 6) is 0.448. The van der Waals surface area contributed by atoms with Crippen molar-refractivity contribution in [1.82, 2.24) is 9.80 Å². The lowest BCUT2D eigenvalue weighted by Gasteiger charge is -2.47. The molecule has 0 radical (unpaired) electrons. The maximum Gasteiger partial charge on any atom is 0.289 e. The van der Waals surface area contributed by atoms with Crippen LogP contribution >= 0.6 is 0 Å². The maximum atomic E-state index is 13.3.